The summed E-state index contributed by atoms with van der Waals surface area (Å²) in [5.74, 6) is 0. The monoisotopic (exact) mass is 286 g/mol. The van der Waals surface area contributed by atoms with Gasteiger partial charge in [0.05, 0.1) is 15.9 Å². The van der Waals surface area contributed by atoms with E-state index in [4.69, 9.17) is 5.73 Å². The van der Waals surface area contributed by atoms with E-state index >= 15 is 0 Å². The van der Waals surface area contributed by atoms with E-state index in [0.29, 0.717) is 6.04 Å². The highest BCUT2D eigenvalue weighted by Gasteiger charge is 2.22. The molecule has 90 valence electrons. The molecular weight excluding hydrogens is 268 g/mol. The van der Waals surface area contributed by atoms with Gasteiger partial charge in [0.25, 0.3) is 0 Å². The van der Waals surface area contributed by atoms with Crippen molar-refractivity contribution in [1.29, 1.82) is 0 Å². The molecular formula is C11H19BrN4. The average molecular weight is 287 g/mol. The molecule has 0 spiro atoms. The van der Waals surface area contributed by atoms with Crippen molar-refractivity contribution in [2.75, 3.05) is 13.1 Å². The summed E-state index contributed by atoms with van der Waals surface area (Å²) in [5, 5.41) is 4.50. The highest BCUT2D eigenvalue weighted by atomic mass is 79.9. The number of nitrogens with two attached hydrogens (primary N) is 1. The number of aromatic nitrogens is 2. The average Bonchev–Trinajstić information content (AvgIpc) is 2.77. The van der Waals surface area contributed by atoms with Crippen LogP contribution >= 0.6 is 15.9 Å². The third kappa shape index (κ3) is 2.31. The molecule has 2 heterocycles. The van der Waals surface area contributed by atoms with Gasteiger partial charge in [0.1, 0.15) is 0 Å². The van der Waals surface area contributed by atoms with Crippen LogP contribution in [0.15, 0.2) is 4.47 Å². The summed E-state index contributed by atoms with van der Waals surface area (Å²) >= 11 is 3.64. The van der Waals surface area contributed by atoms with Crippen molar-refractivity contribution in [2.45, 2.75) is 32.4 Å². The summed E-state index contributed by atoms with van der Waals surface area (Å²) in [6, 6.07) is 0.345. The zero-order valence-electron chi connectivity index (χ0n) is 9.91. The van der Waals surface area contributed by atoms with Gasteiger partial charge < -0.3 is 5.73 Å². The van der Waals surface area contributed by atoms with Crippen LogP contribution in [0.25, 0.3) is 0 Å². The van der Waals surface area contributed by atoms with E-state index in [1.165, 1.54) is 5.69 Å². The maximum Gasteiger partial charge on any atom is 0.0767 e. The molecule has 0 bridgehead atoms. The summed E-state index contributed by atoms with van der Waals surface area (Å²) < 4.78 is 3.14. The van der Waals surface area contributed by atoms with Gasteiger partial charge in [0.2, 0.25) is 0 Å². The van der Waals surface area contributed by atoms with Crippen LogP contribution in [0.5, 0.6) is 0 Å². The molecule has 1 aliphatic rings. The SMILES string of the molecule is CCc1nn(C)c(CN2CC[C@H](N)C2)c1Br. The number of hydrogen-bond donors (Lipinski definition) is 1. The lowest BCUT2D eigenvalue weighted by molar-refractivity contribution is 0.316. The Morgan fingerprint density at radius 3 is 2.81 bits per heavy atom. The van der Waals surface area contributed by atoms with Crippen LogP contribution in [-0.4, -0.2) is 33.8 Å². The van der Waals surface area contributed by atoms with E-state index < -0.39 is 0 Å². The standard InChI is InChI=1S/C11H19BrN4/c1-3-9-11(12)10(15(2)14-9)7-16-5-4-8(13)6-16/h8H,3-7,13H2,1-2H3/t8-/m0/s1. The van der Waals surface area contributed by atoms with E-state index in [9.17, 15) is 0 Å². The minimum atomic E-state index is 0.345. The summed E-state index contributed by atoms with van der Waals surface area (Å²) in [7, 11) is 2.01. The Hall–Kier alpha value is -0.390. The third-order valence-electron chi connectivity index (χ3n) is 3.19. The Balaban J connectivity index is 2.12. The van der Waals surface area contributed by atoms with Crippen molar-refractivity contribution in [2.24, 2.45) is 12.8 Å². The molecule has 1 aliphatic heterocycles. The Morgan fingerprint density at radius 2 is 2.31 bits per heavy atom. The Morgan fingerprint density at radius 1 is 1.56 bits per heavy atom. The first-order valence-corrected chi connectivity index (χ1v) is 6.59. The summed E-state index contributed by atoms with van der Waals surface area (Å²) in [6.45, 7) is 5.17. The molecule has 1 fully saturated rings. The Bertz CT molecular complexity index is 374. The Kier molecular flexibility index (Phi) is 3.66. The van der Waals surface area contributed by atoms with Crippen molar-refractivity contribution >= 4 is 15.9 Å². The maximum absolute atomic E-state index is 5.91. The molecule has 2 rings (SSSR count). The largest absolute Gasteiger partial charge is 0.326 e. The van der Waals surface area contributed by atoms with Crippen molar-refractivity contribution < 1.29 is 0 Å². The van der Waals surface area contributed by atoms with E-state index in [2.05, 4.69) is 32.9 Å². The smallest absolute Gasteiger partial charge is 0.0767 e. The number of rotatable bonds is 3. The molecule has 4 nitrogen and oxygen atoms in total. The normalized spacial score (nSPS) is 21.9. The summed E-state index contributed by atoms with van der Waals surface area (Å²) in [5.41, 5.74) is 8.31. The highest BCUT2D eigenvalue weighted by Crippen LogP contribution is 2.24. The van der Waals surface area contributed by atoms with Gasteiger partial charge >= 0.3 is 0 Å². The number of nitrogens with zero attached hydrogens (tertiary/aromatic N) is 3. The van der Waals surface area contributed by atoms with Crippen LogP contribution in [0, 0.1) is 0 Å². The number of halogens is 1. The fourth-order valence-electron chi connectivity index (χ4n) is 2.21. The zero-order chi connectivity index (χ0) is 11.7. The lowest BCUT2D eigenvalue weighted by Gasteiger charge is -2.15. The molecule has 1 atom stereocenters. The van der Waals surface area contributed by atoms with Gasteiger partial charge in [-0.3, -0.25) is 9.58 Å². The minimum Gasteiger partial charge on any atom is -0.326 e. The lowest BCUT2D eigenvalue weighted by Crippen LogP contribution is -2.27. The topological polar surface area (TPSA) is 47.1 Å². The van der Waals surface area contributed by atoms with E-state index in [1.54, 1.807) is 0 Å². The van der Waals surface area contributed by atoms with Crippen LogP contribution in [0.4, 0.5) is 0 Å². The van der Waals surface area contributed by atoms with Crippen molar-refractivity contribution in [3.05, 3.63) is 15.9 Å². The second-order valence-corrected chi connectivity index (χ2v) is 5.26. The van der Waals surface area contributed by atoms with Crippen LogP contribution in [0.3, 0.4) is 0 Å². The quantitative estimate of drug-likeness (QED) is 0.911. The van der Waals surface area contributed by atoms with Gasteiger partial charge in [0.15, 0.2) is 0 Å². The third-order valence-corrected chi connectivity index (χ3v) is 4.10. The van der Waals surface area contributed by atoms with Crippen LogP contribution in [-0.2, 0) is 20.0 Å². The van der Waals surface area contributed by atoms with Crippen LogP contribution in [0.2, 0.25) is 0 Å². The molecule has 2 N–H and O–H groups in total. The molecule has 0 saturated carbocycles. The summed E-state index contributed by atoms with van der Waals surface area (Å²) in [4.78, 5) is 2.39. The molecule has 1 aromatic rings. The molecule has 1 aromatic heterocycles. The highest BCUT2D eigenvalue weighted by molar-refractivity contribution is 9.10. The minimum absolute atomic E-state index is 0.345. The van der Waals surface area contributed by atoms with E-state index in [1.807, 2.05) is 11.7 Å². The summed E-state index contributed by atoms with van der Waals surface area (Å²) in [6.07, 6.45) is 2.07. The predicted octanol–water partition coefficient (Wildman–Crippen LogP) is 1.28. The molecule has 0 amide bonds. The van der Waals surface area contributed by atoms with Gasteiger partial charge in [-0.15, -0.1) is 0 Å². The second-order valence-electron chi connectivity index (χ2n) is 4.47. The van der Waals surface area contributed by atoms with Crippen molar-refractivity contribution in [3.8, 4) is 0 Å². The van der Waals surface area contributed by atoms with Crippen molar-refractivity contribution in [3.63, 3.8) is 0 Å². The van der Waals surface area contributed by atoms with Crippen LogP contribution in [0.1, 0.15) is 24.7 Å². The van der Waals surface area contributed by atoms with E-state index in [0.717, 1.165) is 42.6 Å². The predicted molar refractivity (Wildman–Crippen MR) is 68.2 cm³/mol. The first-order chi connectivity index (χ1) is 7.61. The van der Waals surface area contributed by atoms with Gasteiger partial charge in [0, 0.05) is 32.7 Å². The van der Waals surface area contributed by atoms with E-state index in [-0.39, 0.29) is 0 Å². The first-order valence-electron chi connectivity index (χ1n) is 5.80. The number of hydrogen-bond acceptors (Lipinski definition) is 3. The molecule has 0 unspecified atom stereocenters. The molecule has 5 heteroatoms. The van der Waals surface area contributed by atoms with Gasteiger partial charge in [-0.25, -0.2) is 0 Å². The van der Waals surface area contributed by atoms with Gasteiger partial charge in [-0.2, -0.15) is 5.10 Å². The molecule has 0 aromatic carbocycles. The zero-order valence-corrected chi connectivity index (χ0v) is 11.5. The fourth-order valence-corrected chi connectivity index (χ4v) is 2.95. The van der Waals surface area contributed by atoms with Crippen molar-refractivity contribution in [1.82, 2.24) is 14.7 Å². The molecule has 0 aliphatic carbocycles. The van der Waals surface area contributed by atoms with Crippen LogP contribution < -0.4 is 5.73 Å². The fraction of sp³-hybridized carbons (Fsp3) is 0.727. The van der Waals surface area contributed by atoms with Gasteiger partial charge in [-0.05, 0) is 28.8 Å². The lowest BCUT2D eigenvalue weighted by atomic mass is 10.3. The molecule has 1 saturated heterocycles. The maximum atomic E-state index is 5.91. The molecule has 0 radical (unpaired) electrons. The molecule has 16 heavy (non-hydrogen) atoms. The first kappa shape index (κ1) is 12.1. The number of aryl methyl sites for hydroxylation is 2. The number of likely N-dealkylation sites (tertiary alicyclic amines) is 1. The Labute approximate surface area is 105 Å². The van der Waals surface area contributed by atoms with Gasteiger partial charge in [-0.1, -0.05) is 6.92 Å². The second kappa shape index (κ2) is 4.85.